The van der Waals surface area contributed by atoms with Crippen LogP contribution >= 0.6 is 0 Å². The van der Waals surface area contributed by atoms with Gasteiger partial charge in [-0.3, -0.25) is 0 Å². The molecule has 4 heteroatoms. The summed E-state index contributed by atoms with van der Waals surface area (Å²) < 4.78 is 16.4. The first kappa shape index (κ1) is 11.0. The lowest BCUT2D eigenvalue weighted by Crippen LogP contribution is -2.45. The highest BCUT2D eigenvalue weighted by atomic mass is 16.7. The highest BCUT2D eigenvalue weighted by Crippen LogP contribution is 2.23. The van der Waals surface area contributed by atoms with Crippen molar-refractivity contribution in [2.75, 3.05) is 13.2 Å². The van der Waals surface area contributed by atoms with Crippen molar-refractivity contribution in [3.05, 3.63) is 0 Å². The fraction of sp³-hybridized carbons (Fsp3) is 1.00. The third-order valence-electron chi connectivity index (χ3n) is 1.67. The zero-order valence-electron chi connectivity index (χ0n) is 9.22. The molecule has 0 saturated carbocycles. The van der Waals surface area contributed by atoms with Gasteiger partial charge in [0.2, 0.25) is 0 Å². The molecule has 1 rings (SSSR count). The van der Waals surface area contributed by atoms with E-state index in [-0.39, 0.29) is 11.0 Å². The molecule has 1 saturated heterocycles. The zero-order chi connectivity index (χ0) is 10.1. The van der Waals surface area contributed by atoms with Gasteiger partial charge in [-0.25, -0.2) is 0 Å². The molecule has 0 aromatic carbocycles. The predicted octanol–water partition coefficient (Wildman–Crippen LogP) is 1.86. The minimum atomic E-state index is -0.493. The van der Waals surface area contributed by atoms with Gasteiger partial charge in [0.25, 0.3) is 0 Å². The molecular formula is C9H19BO3. The molecule has 1 aliphatic rings. The maximum Gasteiger partial charge on any atom is 0.639 e. The van der Waals surface area contributed by atoms with Gasteiger partial charge in [0, 0.05) is 24.2 Å². The van der Waals surface area contributed by atoms with Crippen molar-refractivity contribution in [3.63, 3.8) is 0 Å². The van der Waals surface area contributed by atoms with Crippen LogP contribution in [0, 0.1) is 5.41 Å². The maximum atomic E-state index is 5.53. The third-order valence-corrected chi connectivity index (χ3v) is 1.67. The second kappa shape index (κ2) is 3.60. The summed E-state index contributed by atoms with van der Waals surface area (Å²) in [5.41, 5.74) is -0.107. The van der Waals surface area contributed by atoms with E-state index in [1.54, 1.807) is 0 Å². The van der Waals surface area contributed by atoms with Crippen LogP contribution in [0.25, 0.3) is 0 Å². The van der Waals surface area contributed by atoms with Crippen LogP contribution in [0.2, 0.25) is 0 Å². The van der Waals surface area contributed by atoms with Crippen molar-refractivity contribution in [3.8, 4) is 0 Å². The Bertz CT molecular complexity index is 164. The second-order valence-corrected chi connectivity index (χ2v) is 5.31. The predicted molar refractivity (Wildman–Crippen MR) is 52.3 cm³/mol. The van der Waals surface area contributed by atoms with Crippen LogP contribution < -0.4 is 0 Å². The Morgan fingerprint density at radius 1 is 1.15 bits per heavy atom. The molecule has 0 N–H and O–H groups in total. The first-order valence-corrected chi connectivity index (χ1v) is 4.70. The van der Waals surface area contributed by atoms with Gasteiger partial charge in [0.15, 0.2) is 0 Å². The van der Waals surface area contributed by atoms with Crippen LogP contribution in [0.1, 0.15) is 34.6 Å². The Morgan fingerprint density at radius 2 is 1.62 bits per heavy atom. The average molecular weight is 186 g/mol. The van der Waals surface area contributed by atoms with Crippen molar-refractivity contribution in [2.45, 2.75) is 40.2 Å². The van der Waals surface area contributed by atoms with Gasteiger partial charge in [0.05, 0.1) is 0 Å². The summed E-state index contributed by atoms with van der Waals surface area (Å²) in [6, 6.07) is 0. The second-order valence-electron chi connectivity index (χ2n) is 5.31. The largest absolute Gasteiger partial charge is 0.639 e. The lowest BCUT2D eigenvalue weighted by atomic mass is 9.92. The van der Waals surface area contributed by atoms with Crippen LogP contribution in [-0.4, -0.2) is 26.1 Å². The van der Waals surface area contributed by atoms with Crippen LogP contribution in [0.15, 0.2) is 0 Å². The Hall–Kier alpha value is -0.0551. The van der Waals surface area contributed by atoms with Crippen molar-refractivity contribution in [2.24, 2.45) is 5.41 Å². The Labute approximate surface area is 80.9 Å². The molecule has 1 fully saturated rings. The lowest BCUT2D eigenvalue weighted by molar-refractivity contribution is -0.0483. The van der Waals surface area contributed by atoms with E-state index in [0.29, 0.717) is 13.2 Å². The summed E-state index contributed by atoms with van der Waals surface area (Å²) >= 11 is 0. The molecule has 76 valence electrons. The normalized spacial score (nSPS) is 23.3. The molecule has 3 nitrogen and oxygen atoms in total. The van der Waals surface area contributed by atoms with E-state index >= 15 is 0 Å². The minimum Gasteiger partial charge on any atom is -0.385 e. The van der Waals surface area contributed by atoms with E-state index in [2.05, 4.69) is 13.8 Å². The topological polar surface area (TPSA) is 27.7 Å². The molecule has 0 aromatic rings. The van der Waals surface area contributed by atoms with E-state index in [0.717, 1.165) is 0 Å². The minimum absolute atomic E-state index is 0.109. The Morgan fingerprint density at radius 3 is 2.00 bits per heavy atom. The number of rotatable bonds is 1. The lowest BCUT2D eigenvalue weighted by Gasteiger charge is -2.34. The van der Waals surface area contributed by atoms with E-state index in [1.165, 1.54) is 0 Å². The molecule has 1 aliphatic heterocycles. The van der Waals surface area contributed by atoms with Gasteiger partial charge in [-0.2, -0.15) is 0 Å². The van der Waals surface area contributed by atoms with Gasteiger partial charge in [-0.15, -0.1) is 0 Å². The summed E-state index contributed by atoms with van der Waals surface area (Å²) in [6.07, 6.45) is 0. The Balaban J connectivity index is 2.34. The van der Waals surface area contributed by atoms with Crippen LogP contribution in [0.3, 0.4) is 0 Å². The van der Waals surface area contributed by atoms with E-state index < -0.39 is 7.32 Å². The fourth-order valence-corrected chi connectivity index (χ4v) is 1.03. The molecule has 0 amide bonds. The summed E-state index contributed by atoms with van der Waals surface area (Å²) in [5.74, 6) is 0. The molecule has 0 aliphatic carbocycles. The molecule has 0 atom stereocenters. The summed E-state index contributed by atoms with van der Waals surface area (Å²) in [5, 5.41) is 0. The molecule has 0 radical (unpaired) electrons. The first-order chi connectivity index (χ1) is 5.79. The molecule has 0 bridgehead atoms. The highest BCUT2D eigenvalue weighted by molar-refractivity contribution is 6.36. The van der Waals surface area contributed by atoms with Gasteiger partial charge < -0.3 is 14.0 Å². The van der Waals surface area contributed by atoms with Crippen LogP contribution in [0.5, 0.6) is 0 Å². The highest BCUT2D eigenvalue weighted by Gasteiger charge is 2.36. The smallest absolute Gasteiger partial charge is 0.385 e. The van der Waals surface area contributed by atoms with Crippen molar-refractivity contribution < 1.29 is 14.0 Å². The molecule has 1 heterocycles. The van der Waals surface area contributed by atoms with Gasteiger partial charge in [-0.1, -0.05) is 13.8 Å². The van der Waals surface area contributed by atoms with Gasteiger partial charge in [0.1, 0.15) is 0 Å². The summed E-state index contributed by atoms with van der Waals surface area (Å²) in [7, 11) is -0.493. The zero-order valence-corrected chi connectivity index (χ0v) is 9.22. The number of hydrogen-bond acceptors (Lipinski definition) is 3. The van der Waals surface area contributed by atoms with Gasteiger partial charge in [-0.05, 0) is 20.8 Å². The summed E-state index contributed by atoms with van der Waals surface area (Å²) in [4.78, 5) is 0. The van der Waals surface area contributed by atoms with Crippen LogP contribution in [-0.2, 0) is 14.0 Å². The molecule has 0 aromatic heterocycles. The van der Waals surface area contributed by atoms with Crippen molar-refractivity contribution in [1.82, 2.24) is 0 Å². The van der Waals surface area contributed by atoms with E-state index in [1.807, 2.05) is 20.8 Å². The molecule has 0 spiro atoms. The van der Waals surface area contributed by atoms with Crippen LogP contribution in [0.4, 0.5) is 0 Å². The standard InChI is InChI=1S/C9H19BO3/c1-8(2,3)13-10-11-6-9(4,5)7-12-10/h6-7H2,1-5H3. The van der Waals surface area contributed by atoms with Gasteiger partial charge >= 0.3 is 7.32 Å². The first-order valence-electron chi connectivity index (χ1n) is 4.70. The quantitative estimate of drug-likeness (QED) is 0.585. The van der Waals surface area contributed by atoms with E-state index in [4.69, 9.17) is 14.0 Å². The average Bonchev–Trinajstić information content (AvgIpc) is 1.91. The Kier molecular flexibility index (Phi) is 3.05. The van der Waals surface area contributed by atoms with Crippen molar-refractivity contribution in [1.29, 1.82) is 0 Å². The summed E-state index contributed by atoms with van der Waals surface area (Å²) in [6.45, 7) is 11.6. The third kappa shape index (κ3) is 4.11. The van der Waals surface area contributed by atoms with E-state index in [9.17, 15) is 0 Å². The SMILES string of the molecule is CC1(C)COB(OC(C)(C)C)OC1. The molecular weight excluding hydrogens is 167 g/mol. The molecule has 0 unspecified atom stereocenters. The number of hydrogen-bond donors (Lipinski definition) is 0. The monoisotopic (exact) mass is 186 g/mol. The maximum absolute atomic E-state index is 5.53. The molecule has 13 heavy (non-hydrogen) atoms. The fourth-order valence-electron chi connectivity index (χ4n) is 1.03. The van der Waals surface area contributed by atoms with Crippen molar-refractivity contribution >= 4 is 7.32 Å².